The Labute approximate surface area is 139 Å². The van der Waals surface area contributed by atoms with E-state index in [1.54, 1.807) is 12.1 Å². The van der Waals surface area contributed by atoms with Crippen molar-refractivity contribution in [3.63, 3.8) is 0 Å². The van der Waals surface area contributed by atoms with E-state index in [-0.39, 0.29) is 23.7 Å². The molecule has 0 radical (unpaired) electrons. The summed E-state index contributed by atoms with van der Waals surface area (Å²) in [6.07, 6.45) is 0.660. The van der Waals surface area contributed by atoms with Crippen molar-refractivity contribution in [3.8, 4) is 5.75 Å². The fraction of sp³-hybridized carbons (Fsp3) is 0.200. The van der Waals surface area contributed by atoms with Gasteiger partial charge in [-0.15, -0.1) is 0 Å². The van der Waals surface area contributed by atoms with Crippen LogP contribution in [0.2, 0.25) is 0 Å². The Morgan fingerprint density at radius 1 is 0.917 bits per heavy atom. The molecule has 1 fully saturated rings. The normalized spacial score (nSPS) is 24.6. The van der Waals surface area contributed by atoms with Gasteiger partial charge in [-0.05, 0) is 30.2 Å². The first-order valence-corrected chi connectivity index (χ1v) is 8.15. The molecule has 0 bridgehead atoms. The molecule has 2 aliphatic heterocycles. The average Bonchev–Trinajstić information content (AvgIpc) is 3.12. The number of ether oxygens (including phenoxy) is 1. The highest BCUT2D eigenvalue weighted by atomic mass is 16.5. The van der Waals surface area contributed by atoms with E-state index in [1.807, 2.05) is 42.5 Å². The highest BCUT2D eigenvalue weighted by molar-refractivity contribution is 6.32. The van der Waals surface area contributed by atoms with Crippen LogP contribution in [0, 0.1) is 11.8 Å². The fourth-order valence-corrected chi connectivity index (χ4v) is 4.14. The molecule has 4 heteroatoms. The van der Waals surface area contributed by atoms with Gasteiger partial charge >= 0.3 is 0 Å². The zero-order chi connectivity index (χ0) is 16.3. The van der Waals surface area contributed by atoms with Gasteiger partial charge in [-0.25, -0.2) is 4.90 Å². The van der Waals surface area contributed by atoms with E-state index in [4.69, 9.17) is 4.74 Å². The molecule has 2 heterocycles. The zero-order valence-corrected chi connectivity index (χ0v) is 12.9. The maximum absolute atomic E-state index is 13.1. The summed E-state index contributed by atoms with van der Waals surface area (Å²) in [5, 5.41) is 0. The molecular weight excluding hydrogens is 302 g/mol. The van der Waals surface area contributed by atoms with E-state index in [0.717, 1.165) is 16.9 Å². The van der Waals surface area contributed by atoms with E-state index in [1.165, 1.54) is 4.90 Å². The van der Waals surface area contributed by atoms with Crippen LogP contribution in [-0.4, -0.2) is 18.4 Å². The highest BCUT2D eigenvalue weighted by Gasteiger charge is 2.52. The van der Waals surface area contributed by atoms with Crippen LogP contribution in [0.25, 0.3) is 5.57 Å². The zero-order valence-electron chi connectivity index (χ0n) is 12.9. The third-order valence-electron chi connectivity index (χ3n) is 5.15. The second-order valence-electron chi connectivity index (χ2n) is 6.43. The van der Waals surface area contributed by atoms with Crippen molar-refractivity contribution in [2.45, 2.75) is 6.42 Å². The number of rotatable bonds is 1. The Morgan fingerprint density at radius 3 is 2.50 bits per heavy atom. The third kappa shape index (κ3) is 1.68. The van der Waals surface area contributed by atoms with Crippen molar-refractivity contribution >= 4 is 23.1 Å². The average molecular weight is 317 g/mol. The van der Waals surface area contributed by atoms with E-state index in [9.17, 15) is 9.59 Å². The number of anilines is 1. The SMILES string of the molecule is O=C1C2=C3c4ccccc4OC[C@H]3C[C@H]2C(=O)N1c1ccccc1. The maximum Gasteiger partial charge on any atom is 0.262 e. The summed E-state index contributed by atoms with van der Waals surface area (Å²) in [4.78, 5) is 27.3. The monoisotopic (exact) mass is 317 g/mol. The number of nitrogens with zero attached hydrogens (tertiary/aromatic N) is 1. The van der Waals surface area contributed by atoms with Gasteiger partial charge in [-0.2, -0.15) is 0 Å². The number of hydrogen-bond acceptors (Lipinski definition) is 3. The second kappa shape index (κ2) is 4.81. The summed E-state index contributed by atoms with van der Waals surface area (Å²) in [5.41, 5.74) is 3.29. The molecular formula is C20H15NO3. The number of para-hydroxylation sites is 2. The number of carbonyl (C=O) groups is 2. The van der Waals surface area contributed by atoms with Crippen molar-refractivity contribution in [2.24, 2.45) is 11.8 Å². The van der Waals surface area contributed by atoms with Crippen LogP contribution in [0.3, 0.4) is 0 Å². The molecule has 2 aromatic rings. The summed E-state index contributed by atoms with van der Waals surface area (Å²) < 4.78 is 5.81. The largest absolute Gasteiger partial charge is 0.492 e. The predicted octanol–water partition coefficient (Wildman–Crippen LogP) is 3.04. The van der Waals surface area contributed by atoms with Crippen molar-refractivity contribution < 1.29 is 14.3 Å². The fourth-order valence-electron chi connectivity index (χ4n) is 4.14. The van der Waals surface area contributed by atoms with Gasteiger partial charge in [0.2, 0.25) is 5.91 Å². The van der Waals surface area contributed by atoms with Gasteiger partial charge < -0.3 is 4.74 Å². The summed E-state index contributed by atoms with van der Waals surface area (Å²) >= 11 is 0. The lowest BCUT2D eigenvalue weighted by Crippen LogP contribution is -2.32. The minimum Gasteiger partial charge on any atom is -0.492 e. The van der Waals surface area contributed by atoms with E-state index < -0.39 is 0 Å². The first kappa shape index (κ1) is 13.5. The number of carbonyl (C=O) groups excluding carboxylic acids is 2. The molecule has 0 saturated carbocycles. The quantitative estimate of drug-likeness (QED) is 0.760. The van der Waals surface area contributed by atoms with Crippen LogP contribution in [0.1, 0.15) is 12.0 Å². The van der Waals surface area contributed by atoms with E-state index in [2.05, 4.69) is 0 Å². The van der Waals surface area contributed by atoms with Crippen LogP contribution in [0.15, 0.2) is 60.2 Å². The predicted molar refractivity (Wildman–Crippen MR) is 89.4 cm³/mol. The van der Waals surface area contributed by atoms with Crippen LogP contribution in [0.5, 0.6) is 5.75 Å². The van der Waals surface area contributed by atoms with Gasteiger partial charge in [0.05, 0.1) is 18.2 Å². The molecule has 0 spiro atoms. The molecule has 2 atom stereocenters. The van der Waals surface area contributed by atoms with E-state index in [0.29, 0.717) is 24.3 Å². The van der Waals surface area contributed by atoms with Crippen LogP contribution in [0.4, 0.5) is 5.69 Å². The van der Waals surface area contributed by atoms with Crippen molar-refractivity contribution in [2.75, 3.05) is 11.5 Å². The van der Waals surface area contributed by atoms with Crippen molar-refractivity contribution in [3.05, 3.63) is 65.7 Å². The molecule has 2 amide bonds. The van der Waals surface area contributed by atoms with E-state index >= 15 is 0 Å². The minimum atomic E-state index is -0.340. The molecule has 2 aromatic carbocycles. The Balaban J connectivity index is 1.68. The molecule has 3 aliphatic rings. The second-order valence-corrected chi connectivity index (χ2v) is 6.43. The topological polar surface area (TPSA) is 46.6 Å². The molecule has 24 heavy (non-hydrogen) atoms. The molecule has 118 valence electrons. The Bertz CT molecular complexity index is 900. The summed E-state index contributed by atoms with van der Waals surface area (Å²) in [7, 11) is 0. The summed E-state index contributed by atoms with van der Waals surface area (Å²) in [6.45, 7) is 0.540. The summed E-state index contributed by atoms with van der Waals surface area (Å²) in [6, 6.07) is 16.9. The first-order valence-electron chi connectivity index (χ1n) is 8.15. The van der Waals surface area contributed by atoms with Crippen LogP contribution >= 0.6 is 0 Å². The Morgan fingerprint density at radius 2 is 1.67 bits per heavy atom. The third-order valence-corrected chi connectivity index (χ3v) is 5.15. The standard InChI is InChI=1S/C20H15NO3/c22-19-15-10-12-11-24-16-9-5-4-8-14(16)17(12)18(15)20(23)21(19)13-6-2-1-3-7-13/h1-9,12,15H,10-11H2/t12-,15-/m1/s1. The number of amides is 2. The van der Waals surface area contributed by atoms with Gasteiger partial charge in [-0.1, -0.05) is 36.4 Å². The van der Waals surface area contributed by atoms with Crippen molar-refractivity contribution in [1.29, 1.82) is 0 Å². The molecule has 5 rings (SSSR count). The summed E-state index contributed by atoms with van der Waals surface area (Å²) in [5.74, 6) is 0.305. The lowest BCUT2D eigenvalue weighted by atomic mass is 9.91. The van der Waals surface area contributed by atoms with Gasteiger partial charge in [0.1, 0.15) is 5.75 Å². The Kier molecular flexibility index (Phi) is 2.71. The Hall–Kier alpha value is -2.88. The van der Waals surface area contributed by atoms with Crippen LogP contribution < -0.4 is 9.64 Å². The molecule has 0 N–H and O–H groups in total. The maximum atomic E-state index is 13.1. The number of fused-ring (bicyclic) bond motifs is 4. The molecule has 4 nitrogen and oxygen atoms in total. The van der Waals surface area contributed by atoms with Gasteiger partial charge in [0.15, 0.2) is 0 Å². The van der Waals surface area contributed by atoms with Gasteiger partial charge in [0.25, 0.3) is 5.91 Å². The number of benzene rings is 2. The molecule has 1 saturated heterocycles. The van der Waals surface area contributed by atoms with Gasteiger partial charge in [-0.3, -0.25) is 9.59 Å². The molecule has 0 aromatic heterocycles. The lowest BCUT2D eigenvalue weighted by molar-refractivity contribution is -0.122. The highest BCUT2D eigenvalue weighted by Crippen LogP contribution is 2.51. The van der Waals surface area contributed by atoms with Crippen molar-refractivity contribution in [1.82, 2.24) is 0 Å². The lowest BCUT2D eigenvalue weighted by Gasteiger charge is -2.26. The minimum absolute atomic E-state index is 0.111. The van der Waals surface area contributed by atoms with Gasteiger partial charge in [0, 0.05) is 17.1 Å². The molecule has 1 aliphatic carbocycles. The smallest absolute Gasteiger partial charge is 0.262 e. The number of imide groups is 1. The van der Waals surface area contributed by atoms with Crippen LogP contribution in [-0.2, 0) is 9.59 Å². The number of hydrogen-bond donors (Lipinski definition) is 0. The molecule has 0 unspecified atom stereocenters. The first-order chi connectivity index (χ1) is 11.8.